The van der Waals surface area contributed by atoms with E-state index in [0.29, 0.717) is 66.6 Å². The van der Waals surface area contributed by atoms with Gasteiger partial charge in [-0.2, -0.15) is 13.8 Å². The average molecular weight is 876 g/mol. The quantitative estimate of drug-likeness (QED) is 0.293. The molecule has 61 heavy (non-hydrogen) atoms. The fraction of sp³-hybridized carbons (Fsp3) is 0.643. The number of carbonyl (C=O) groups excluding carboxylic acids is 3. The highest BCUT2D eigenvalue weighted by Crippen LogP contribution is 2.51. The first-order valence-electron chi connectivity index (χ1n) is 20.9. The van der Waals surface area contributed by atoms with Crippen molar-refractivity contribution in [2.45, 2.75) is 145 Å². The highest BCUT2D eigenvalue weighted by atomic mass is 32.2. The molecule has 3 aliphatic heterocycles. The number of nitrogens with zero attached hydrogens (tertiary/aromatic N) is 3. The number of rotatable bonds is 9. The van der Waals surface area contributed by atoms with Gasteiger partial charge in [-0.3, -0.25) is 24.0 Å². The molecule has 1 saturated heterocycles. The number of aromatic nitrogens is 1. The zero-order valence-electron chi connectivity index (χ0n) is 35.5. The maximum atomic E-state index is 17.8. The SMILES string of the molecule is CC[C@@H]1O[C@H](C)CC/C=C\[C@@H]2C[C@@]2(C(=O)NS(=O)(=O)C2(C)CC2)NC(=O)[C@@H]2N(C[C@@](C)(Oc3nc4c(c5cc(OC)ccc35)CCCO4)C2(F)F)C(=O)[C@H]1N(C(=O)O)C(C)C. The summed E-state index contributed by atoms with van der Waals surface area (Å²) in [6.45, 7) is 8.37. The highest BCUT2D eigenvalue weighted by molar-refractivity contribution is 7.91. The molecule has 1 aromatic heterocycles. The second-order valence-corrected chi connectivity index (χ2v) is 19.9. The van der Waals surface area contributed by atoms with E-state index in [1.807, 2.05) is 0 Å². The Morgan fingerprint density at radius 2 is 1.90 bits per heavy atom. The summed E-state index contributed by atoms with van der Waals surface area (Å²) in [5.74, 6) is -8.39. The molecule has 16 nitrogen and oxygen atoms in total. The fourth-order valence-corrected chi connectivity index (χ4v) is 10.1. The van der Waals surface area contributed by atoms with Gasteiger partial charge in [0.1, 0.15) is 17.3 Å². The third-order valence-electron chi connectivity index (χ3n) is 12.9. The zero-order valence-corrected chi connectivity index (χ0v) is 36.3. The lowest BCUT2D eigenvalue weighted by Crippen LogP contribution is -2.64. The second kappa shape index (κ2) is 15.8. The van der Waals surface area contributed by atoms with Crippen LogP contribution in [0.3, 0.4) is 0 Å². The van der Waals surface area contributed by atoms with Crippen LogP contribution in [0.2, 0.25) is 0 Å². The van der Waals surface area contributed by atoms with E-state index in [0.717, 1.165) is 17.4 Å². The molecule has 4 heterocycles. The first kappa shape index (κ1) is 44.3. The van der Waals surface area contributed by atoms with Crippen molar-refractivity contribution in [3.8, 4) is 17.5 Å². The van der Waals surface area contributed by atoms with E-state index >= 15 is 13.6 Å². The molecule has 7 rings (SSSR count). The maximum absolute atomic E-state index is 17.8. The minimum atomic E-state index is -4.27. The molecule has 334 valence electrons. The Morgan fingerprint density at radius 3 is 2.54 bits per heavy atom. The molecule has 0 bridgehead atoms. The molecule has 7 atom stereocenters. The number of allylic oxidation sites excluding steroid dienone is 1. The molecule has 0 radical (unpaired) electrons. The van der Waals surface area contributed by atoms with Gasteiger partial charge >= 0.3 is 12.0 Å². The van der Waals surface area contributed by atoms with Gasteiger partial charge in [-0.05, 0) is 110 Å². The summed E-state index contributed by atoms with van der Waals surface area (Å²) in [6.07, 6.45) is 2.79. The van der Waals surface area contributed by atoms with Gasteiger partial charge in [0, 0.05) is 22.9 Å². The normalized spacial score (nSPS) is 31.2. The van der Waals surface area contributed by atoms with E-state index in [2.05, 4.69) is 15.0 Å². The molecule has 2 aliphatic carbocycles. The Balaban J connectivity index is 1.36. The van der Waals surface area contributed by atoms with Crippen LogP contribution in [0.1, 0.15) is 92.1 Å². The van der Waals surface area contributed by atoms with Gasteiger partial charge in [-0.25, -0.2) is 13.2 Å². The van der Waals surface area contributed by atoms with Gasteiger partial charge in [-0.1, -0.05) is 19.1 Å². The van der Waals surface area contributed by atoms with Crippen LogP contribution in [0.5, 0.6) is 17.5 Å². The largest absolute Gasteiger partial charge is 0.497 e. The van der Waals surface area contributed by atoms with E-state index in [1.54, 1.807) is 44.2 Å². The van der Waals surface area contributed by atoms with E-state index in [1.165, 1.54) is 27.9 Å². The second-order valence-electron chi connectivity index (χ2n) is 17.7. The fourth-order valence-electron chi connectivity index (χ4n) is 8.80. The van der Waals surface area contributed by atoms with Crippen LogP contribution in [0.4, 0.5) is 13.6 Å². The van der Waals surface area contributed by atoms with Crippen molar-refractivity contribution in [1.82, 2.24) is 24.8 Å². The number of halogens is 2. The number of hydrogen-bond acceptors (Lipinski definition) is 11. The first-order valence-corrected chi connectivity index (χ1v) is 22.3. The molecule has 19 heteroatoms. The van der Waals surface area contributed by atoms with Crippen LogP contribution in [0, 0.1) is 5.92 Å². The summed E-state index contributed by atoms with van der Waals surface area (Å²) in [5, 5.41) is 13.9. The van der Waals surface area contributed by atoms with E-state index in [4.69, 9.17) is 18.9 Å². The average Bonchev–Trinajstić information content (AvgIpc) is 4.11. The minimum absolute atomic E-state index is 0.0925. The molecule has 0 spiro atoms. The van der Waals surface area contributed by atoms with Gasteiger partial charge in [-0.15, -0.1) is 0 Å². The molecule has 3 N–H and O–H groups in total. The Hall–Kier alpha value is -4.78. The number of hydrogen-bond donors (Lipinski definition) is 3. The summed E-state index contributed by atoms with van der Waals surface area (Å²) in [4.78, 5) is 63.0. The number of nitrogens with one attached hydrogen (secondary N) is 2. The number of ether oxygens (including phenoxy) is 4. The lowest BCUT2D eigenvalue weighted by Gasteiger charge is -2.40. The zero-order chi connectivity index (χ0) is 44.4. The van der Waals surface area contributed by atoms with E-state index in [9.17, 15) is 27.9 Å². The van der Waals surface area contributed by atoms with Crippen molar-refractivity contribution in [3.05, 3.63) is 35.9 Å². The van der Waals surface area contributed by atoms with Gasteiger partial charge < -0.3 is 34.3 Å². The summed E-state index contributed by atoms with van der Waals surface area (Å²) in [6, 6.07) is -0.321. The minimum Gasteiger partial charge on any atom is -0.497 e. The molecule has 2 aromatic rings. The van der Waals surface area contributed by atoms with Gasteiger partial charge in [0.15, 0.2) is 11.6 Å². The number of pyridine rings is 1. The molecule has 2 saturated carbocycles. The smallest absolute Gasteiger partial charge is 0.408 e. The van der Waals surface area contributed by atoms with Crippen molar-refractivity contribution in [2.24, 2.45) is 5.92 Å². The molecular weight excluding hydrogens is 821 g/mol. The summed E-state index contributed by atoms with van der Waals surface area (Å²) in [5.41, 5.74) is -3.97. The third-order valence-corrected chi connectivity index (χ3v) is 15.1. The number of carbonyl (C=O) groups is 4. The summed E-state index contributed by atoms with van der Waals surface area (Å²) < 4.78 is 87.0. The van der Waals surface area contributed by atoms with Crippen LogP contribution in [0.15, 0.2) is 30.4 Å². The molecule has 4 amide bonds. The maximum Gasteiger partial charge on any atom is 0.408 e. The Morgan fingerprint density at radius 1 is 1.18 bits per heavy atom. The van der Waals surface area contributed by atoms with Crippen LogP contribution in [-0.2, 0) is 35.6 Å². The number of sulfonamides is 1. The van der Waals surface area contributed by atoms with Gasteiger partial charge in [0.25, 0.3) is 5.91 Å². The molecule has 5 aliphatic rings. The Kier molecular flexibility index (Phi) is 11.5. The number of benzene rings is 1. The third kappa shape index (κ3) is 7.73. The van der Waals surface area contributed by atoms with Crippen molar-refractivity contribution >= 4 is 44.6 Å². The highest BCUT2D eigenvalue weighted by Gasteiger charge is 2.72. The van der Waals surface area contributed by atoms with Crippen molar-refractivity contribution in [2.75, 3.05) is 20.3 Å². The van der Waals surface area contributed by atoms with Crippen LogP contribution in [-0.4, -0.2) is 125 Å². The Labute approximate surface area is 353 Å². The van der Waals surface area contributed by atoms with Gasteiger partial charge in [0.2, 0.25) is 33.6 Å². The van der Waals surface area contributed by atoms with Crippen LogP contribution < -0.4 is 24.2 Å². The van der Waals surface area contributed by atoms with Crippen LogP contribution >= 0.6 is 0 Å². The predicted octanol–water partition coefficient (Wildman–Crippen LogP) is 4.72. The molecule has 0 unspecified atom stereocenters. The summed E-state index contributed by atoms with van der Waals surface area (Å²) >= 11 is 0. The lowest BCUT2D eigenvalue weighted by molar-refractivity contribution is -0.165. The van der Waals surface area contributed by atoms with Crippen molar-refractivity contribution < 1.29 is 60.4 Å². The van der Waals surface area contributed by atoms with Crippen LogP contribution in [0.25, 0.3) is 10.8 Å². The van der Waals surface area contributed by atoms with Crippen molar-refractivity contribution in [1.29, 1.82) is 0 Å². The summed E-state index contributed by atoms with van der Waals surface area (Å²) in [7, 11) is -2.74. The molecule has 1 aromatic carbocycles. The van der Waals surface area contributed by atoms with E-state index in [-0.39, 0.29) is 24.6 Å². The number of methoxy groups -OCH3 is 1. The van der Waals surface area contributed by atoms with Crippen molar-refractivity contribution in [3.63, 3.8) is 0 Å². The lowest BCUT2D eigenvalue weighted by atomic mass is 9.95. The number of carboxylic acid groups (broad SMARTS) is 1. The number of amides is 4. The van der Waals surface area contributed by atoms with E-state index < -0.39 is 98.4 Å². The Bertz CT molecular complexity index is 2250. The first-order chi connectivity index (χ1) is 28.6. The predicted molar refractivity (Wildman–Crippen MR) is 217 cm³/mol. The number of alkyl halides is 2. The molecular formula is C42H55F2N5O11S. The number of fused-ring (bicyclic) bond motifs is 5. The standard InChI is InChI=1S/C42H55F2N5O11S/c1-8-30-31(49(23(2)3)38(53)54)36(51)48-22-40(6,60-35-28-16-15-26(57-7)20-29(28)27-14-11-19-58-34(27)45-35)42(43,44)32(48)33(50)46-41(21-25(41)13-10-9-12-24(4)59-30)37(52)47-61(55,56)39(5)17-18-39/h10,13,15-16,20,23-25,30-32H,8-9,11-12,14,17-19,21-22H2,1-7H3,(H,46,50)(H,47,52)(H,53,54)/b13-10-/t24-,25-,30+,31+,32+,40-,41-/m1/s1. The number of aryl methyl sites for hydroxylation is 1. The molecule has 3 fully saturated rings. The monoisotopic (exact) mass is 875 g/mol. The topological polar surface area (TPSA) is 203 Å². The van der Waals surface area contributed by atoms with Gasteiger partial charge in [0.05, 0.1) is 37.2 Å².